The van der Waals surface area contributed by atoms with E-state index < -0.39 is 10.8 Å². The monoisotopic (exact) mass is 203 g/mol. The van der Waals surface area contributed by atoms with Crippen molar-refractivity contribution in [2.45, 2.75) is 62.5 Å². The predicted molar refractivity (Wildman–Crippen MR) is 58.1 cm³/mol. The summed E-state index contributed by atoms with van der Waals surface area (Å²) in [5.41, 5.74) is 5.98. The standard InChI is InChI=1S/C10H21NOS/c1-10(2,3)13(12)9-7-5-4-6-8(9)11/h8-9H,4-7,11H2,1-3H3. The molecule has 1 saturated carbocycles. The van der Waals surface area contributed by atoms with Crippen LogP contribution in [0.15, 0.2) is 0 Å². The Kier molecular flexibility index (Phi) is 3.52. The Hall–Kier alpha value is 0.110. The number of hydrogen-bond acceptors (Lipinski definition) is 2. The van der Waals surface area contributed by atoms with Crippen LogP contribution in [0.3, 0.4) is 0 Å². The van der Waals surface area contributed by atoms with Crippen LogP contribution in [-0.4, -0.2) is 20.2 Å². The van der Waals surface area contributed by atoms with E-state index in [0.717, 1.165) is 12.8 Å². The van der Waals surface area contributed by atoms with Crippen molar-refractivity contribution < 1.29 is 4.21 Å². The summed E-state index contributed by atoms with van der Waals surface area (Å²) in [6, 6.07) is 0.161. The van der Waals surface area contributed by atoms with Crippen LogP contribution in [-0.2, 0) is 10.8 Å². The summed E-state index contributed by atoms with van der Waals surface area (Å²) in [5.74, 6) is 0. The topological polar surface area (TPSA) is 43.1 Å². The van der Waals surface area contributed by atoms with Crippen LogP contribution in [0.1, 0.15) is 46.5 Å². The SMILES string of the molecule is CC(C)(C)S(=O)C1CCCCC1N. The van der Waals surface area contributed by atoms with Gasteiger partial charge in [-0.05, 0) is 33.6 Å². The van der Waals surface area contributed by atoms with Crippen molar-refractivity contribution in [1.82, 2.24) is 0 Å². The quantitative estimate of drug-likeness (QED) is 0.706. The van der Waals surface area contributed by atoms with Crippen molar-refractivity contribution in [2.24, 2.45) is 5.73 Å². The molecule has 3 atom stereocenters. The van der Waals surface area contributed by atoms with Gasteiger partial charge in [-0.15, -0.1) is 0 Å². The third-order valence-electron chi connectivity index (χ3n) is 2.63. The molecular formula is C10H21NOS. The zero-order chi connectivity index (χ0) is 10.1. The maximum Gasteiger partial charge on any atom is 0.0504 e. The van der Waals surface area contributed by atoms with E-state index in [1.54, 1.807) is 0 Å². The Labute approximate surface area is 83.7 Å². The van der Waals surface area contributed by atoms with Gasteiger partial charge in [0, 0.05) is 21.6 Å². The summed E-state index contributed by atoms with van der Waals surface area (Å²) in [4.78, 5) is 0. The molecule has 13 heavy (non-hydrogen) atoms. The van der Waals surface area contributed by atoms with E-state index in [9.17, 15) is 4.21 Å². The van der Waals surface area contributed by atoms with Gasteiger partial charge in [0.05, 0.1) is 5.25 Å². The molecule has 1 aliphatic rings. The molecule has 1 aliphatic carbocycles. The van der Waals surface area contributed by atoms with E-state index in [0.29, 0.717) is 0 Å². The molecule has 0 aromatic heterocycles. The molecule has 0 heterocycles. The van der Waals surface area contributed by atoms with E-state index in [-0.39, 0.29) is 16.0 Å². The fraction of sp³-hybridized carbons (Fsp3) is 1.00. The Balaban J connectivity index is 2.64. The lowest BCUT2D eigenvalue weighted by atomic mass is 9.96. The van der Waals surface area contributed by atoms with Gasteiger partial charge in [0.2, 0.25) is 0 Å². The highest BCUT2D eigenvalue weighted by Gasteiger charge is 2.33. The van der Waals surface area contributed by atoms with E-state index in [4.69, 9.17) is 5.73 Å². The smallest absolute Gasteiger partial charge is 0.0504 e. The first-order chi connectivity index (χ1) is 5.93. The molecular weight excluding hydrogens is 182 g/mol. The Morgan fingerprint density at radius 3 is 2.23 bits per heavy atom. The highest BCUT2D eigenvalue weighted by Crippen LogP contribution is 2.27. The fourth-order valence-corrected chi connectivity index (χ4v) is 3.59. The van der Waals surface area contributed by atoms with Crippen LogP contribution in [0.2, 0.25) is 0 Å². The highest BCUT2D eigenvalue weighted by molar-refractivity contribution is 7.87. The van der Waals surface area contributed by atoms with Gasteiger partial charge in [-0.3, -0.25) is 4.21 Å². The number of nitrogens with two attached hydrogens (primary N) is 1. The molecule has 0 aromatic carbocycles. The minimum absolute atomic E-state index is 0.111. The summed E-state index contributed by atoms with van der Waals surface area (Å²) < 4.78 is 11.9. The maximum absolute atomic E-state index is 12.1. The van der Waals surface area contributed by atoms with Crippen molar-refractivity contribution in [3.05, 3.63) is 0 Å². The molecule has 1 fully saturated rings. The lowest BCUT2D eigenvalue weighted by Gasteiger charge is -2.32. The number of hydrogen-bond donors (Lipinski definition) is 1. The van der Waals surface area contributed by atoms with Gasteiger partial charge in [0.15, 0.2) is 0 Å². The lowest BCUT2D eigenvalue weighted by Crippen LogP contribution is -2.45. The van der Waals surface area contributed by atoms with Gasteiger partial charge in [0.1, 0.15) is 0 Å². The third kappa shape index (κ3) is 2.78. The first-order valence-electron chi connectivity index (χ1n) is 5.09. The van der Waals surface area contributed by atoms with Crippen LogP contribution < -0.4 is 5.73 Å². The van der Waals surface area contributed by atoms with E-state index in [1.807, 2.05) is 20.8 Å². The summed E-state index contributed by atoms with van der Waals surface area (Å²) in [6.45, 7) is 6.10. The zero-order valence-corrected chi connectivity index (χ0v) is 9.69. The molecule has 0 aromatic rings. The fourth-order valence-electron chi connectivity index (χ4n) is 1.85. The first-order valence-corrected chi connectivity index (χ1v) is 6.30. The Bertz CT molecular complexity index is 198. The van der Waals surface area contributed by atoms with E-state index in [2.05, 4.69) is 0 Å². The normalized spacial score (nSPS) is 32.9. The molecule has 0 bridgehead atoms. The van der Waals surface area contributed by atoms with Gasteiger partial charge in [-0.25, -0.2) is 0 Å². The minimum Gasteiger partial charge on any atom is -0.327 e. The van der Waals surface area contributed by atoms with Crippen LogP contribution >= 0.6 is 0 Å². The second-order valence-electron chi connectivity index (χ2n) is 4.90. The first kappa shape index (κ1) is 11.2. The van der Waals surface area contributed by atoms with Crippen molar-refractivity contribution >= 4 is 10.8 Å². The molecule has 3 heteroatoms. The predicted octanol–water partition coefficient (Wildman–Crippen LogP) is 1.80. The number of rotatable bonds is 1. The van der Waals surface area contributed by atoms with Crippen LogP contribution in [0.5, 0.6) is 0 Å². The average Bonchev–Trinajstić information content (AvgIpc) is 2.02. The second-order valence-corrected chi connectivity index (χ2v) is 7.32. The van der Waals surface area contributed by atoms with Crippen molar-refractivity contribution in [2.75, 3.05) is 0 Å². The molecule has 0 saturated heterocycles. The van der Waals surface area contributed by atoms with E-state index in [1.165, 1.54) is 12.8 Å². The molecule has 0 spiro atoms. The van der Waals surface area contributed by atoms with Gasteiger partial charge in [-0.1, -0.05) is 12.8 Å². The molecule has 2 N–H and O–H groups in total. The van der Waals surface area contributed by atoms with Crippen molar-refractivity contribution in [3.8, 4) is 0 Å². The Morgan fingerprint density at radius 1 is 1.23 bits per heavy atom. The highest BCUT2D eigenvalue weighted by atomic mass is 32.2. The Morgan fingerprint density at radius 2 is 1.77 bits per heavy atom. The maximum atomic E-state index is 12.1. The molecule has 3 unspecified atom stereocenters. The lowest BCUT2D eigenvalue weighted by molar-refractivity contribution is 0.440. The largest absolute Gasteiger partial charge is 0.327 e. The summed E-state index contributed by atoms with van der Waals surface area (Å²) >= 11 is 0. The van der Waals surface area contributed by atoms with Gasteiger partial charge >= 0.3 is 0 Å². The van der Waals surface area contributed by atoms with E-state index >= 15 is 0 Å². The minimum atomic E-state index is -0.779. The summed E-state index contributed by atoms with van der Waals surface area (Å²) in [6.07, 6.45) is 4.50. The molecule has 0 aliphatic heterocycles. The van der Waals surface area contributed by atoms with Crippen molar-refractivity contribution in [3.63, 3.8) is 0 Å². The van der Waals surface area contributed by atoms with Crippen LogP contribution in [0.25, 0.3) is 0 Å². The molecule has 2 nitrogen and oxygen atoms in total. The molecule has 0 radical (unpaired) electrons. The van der Waals surface area contributed by atoms with Gasteiger partial charge in [-0.2, -0.15) is 0 Å². The summed E-state index contributed by atoms with van der Waals surface area (Å²) in [7, 11) is -0.779. The molecule has 1 rings (SSSR count). The summed E-state index contributed by atoms with van der Waals surface area (Å²) in [5, 5.41) is 0.230. The second kappa shape index (κ2) is 4.09. The van der Waals surface area contributed by atoms with Crippen molar-refractivity contribution in [1.29, 1.82) is 0 Å². The molecule has 78 valence electrons. The molecule has 0 amide bonds. The third-order valence-corrected chi connectivity index (χ3v) is 4.97. The van der Waals surface area contributed by atoms with Gasteiger partial charge in [0.25, 0.3) is 0 Å². The van der Waals surface area contributed by atoms with Crippen LogP contribution in [0.4, 0.5) is 0 Å². The van der Waals surface area contributed by atoms with Gasteiger partial charge < -0.3 is 5.73 Å². The van der Waals surface area contributed by atoms with Crippen LogP contribution in [0, 0.1) is 0 Å². The zero-order valence-electron chi connectivity index (χ0n) is 8.88. The average molecular weight is 203 g/mol.